The standard InChI is InChI=1S/C23H22F3N5O2S/c24-23(25,26)8-15-6-16-19(28-12-29-20(16)34-15)31-10-22(11-31)4-3-14(7-22)27-9-13-1-2-18-17(5-13)30-21(32)33-18/h1-2,5-6,12,14,27H,3-4,7-11H2,(H,30,32)/t14-/m0/s1. The Morgan fingerprint density at radius 2 is 2.12 bits per heavy atom. The van der Waals surface area contributed by atoms with Crippen molar-refractivity contribution < 1.29 is 17.6 Å². The van der Waals surface area contributed by atoms with Crippen LogP contribution in [0.1, 0.15) is 29.7 Å². The summed E-state index contributed by atoms with van der Waals surface area (Å²) in [4.78, 5) is 25.7. The molecular formula is C23H22F3N5O2S. The maximum Gasteiger partial charge on any atom is 0.417 e. The summed E-state index contributed by atoms with van der Waals surface area (Å²) in [7, 11) is 0. The second kappa shape index (κ2) is 7.81. The van der Waals surface area contributed by atoms with Gasteiger partial charge in [-0.05, 0) is 43.0 Å². The molecule has 4 aromatic rings. The minimum Gasteiger partial charge on any atom is -0.408 e. The molecule has 6 rings (SSSR count). The molecule has 7 nitrogen and oxygen atoms in total. The second-order valence-electron chi connectivity index (χ2n) is 9.44. The van der Waals surface area contributed by atoms with Gasteiger partial charge < -0.3 is 14.6 Å². The van der Waals surface area contributed by atoms with Gasteiger partial charge in [0.2, 0.25) is 0 Å². The third-order valence-electron chi connectivity index (χ3n) is 6.87. The van der Waals surface area contributed by atoms with E-state index in [4.69, 9.17) is 4.42 Å². The smallest absolute Gasteiger partial charge is 0.408 e. The summed E-state index contributed by atoms with van der Waals surface area (Å²) in [5, 5.41) is 4.34. The molecule has 0 radical (unpaired) electrons. The van der Waals surface area contributed by atoms with Crippen molar-refractivity contribution in [1.29, 1.82) is 0 Å². The lowest BCUT2D eigenvalue weighted by Crippen LogP contribution is -2.56. The van der Waals surface area contributed by atoms with E-state index in [2.05, 4.69) is 25.2 Å². The van der Waals surface area contributed by atoms with Gasteiger partial charge in [-0.3, -0.25) is 4.98 Å². The Morgan fingerprint density at radius 1 is 1.26 bits per heavy atom. The Labute approximate surface area is 196 Å². The average Bonchev–Trinajstić information content (AvgIpc) is 3.44. The number of nitrogens with one attached hydrogen (secondary N) is 2. The van der Waals surface area contributed by atoms with E-state index in [9.17, 15) is 18.0 Å². The molecule has 1 aromatic carbocycles. The minimum absolute atomic E-state index is 0.208. The third-order valence-corrected chi connectivity index (χ3v) is 7.91. The predicted octanol–water partition coefficient (Wildman–Crippen LogP) is 4.38. The van der Waals surface area contributed by atoms with Gasteiger partial charge in [-0.15, -0.1) is 11.3 Å². The van der Waals surface area contributed by atoms with E-state index < -0.39 is 18.4 Å². The Balaban J connectivity index is 1.09. The van der Waals surface area contributed by atoms with Crippen LogP contribution in [0.2, 0.25) is 0 Å². The van der Waals surface area contributed by atoms with Crippen molar-refractivity contribution in [3.05, 3.63) is 51.6 Å². The number of nitrogens with zero attached hydrogens (tertiary/aromatic N) is 3. The molecule has 1 aliphatic heterocycles. The highest BCUT2D eigenvalue weighted by Crippen LogP contribution is 2.48. The molecule has 4 heterocycles. The first-order chi connectivity index (χ1) is 16.3. The van der Waals surface area contributed by atoms with E-state index in [0.717, 1.165) is 55.1 Å². The molecule has 2 aliphatic rings. The molecule has 3 aromatic heterocycles. The second-order valence-corrected chi connectivity index (χ2v) is 10.6. The largest absolute Gasteiger partial charge is 0.417 e. The monoisotopic (exact) mass is 489 g/mol. The Hall–Kier alpha value is -2.92. The van der Waals surface area contributed by atoms with E-state index in [-0.39, 0.29) is 10.3 Å². The molecule has 0 bridgehead atoms. The highest BCUT2D eigenvalue weighted by molar-refractivity contribution is 7.18. The molecular weight excluding hydrogens is 467 g/mol. The summed E-state index contributed by atoms with van der Waals surface area (Å²) in [5.41, 5.74) is 2.54. The topological polar surface area (TPSA) is 87.0 Å². The number of aromatic nitrogens is 3. The highest BCUT2D eigenvalue weighted by Gasteiger charge is 2.48. The summed E-state index contributed by atoms with van der Waals surface area (Å²) in [6, 6.07) is 7.67. The highest BCUT2D eigenvalue weighted by atomic mass is 32.1. The van der Waals surface area contributed by atoms with Crippen LogP contribution >= 0.6 is 11.3 Å². The molecule has 1 atom stereocenters. The number of fused-ring (bicyclic) bond motifs is 2. The van der Waals surface area contributed by atoms with Gasteiger partial charge in [0, 0.05) is 36.0 Å². The zero-order chi connectivity index (χ0) is 23.5. The molecule has 34 heavy (non-hydrogen) atoms. The first kappa shape index (κ1) is 21.6. The van der Waals surface area contributed by atoms with Gasteiger partial charge in [-0.1, -0.05) is 6.07 Å². The van der Waals surface area contributed by atoms with Crippen LogP contribution in [-0.2, 0) is 13.0 Å². The zero-order valence-corrected chi connectivity index (χ0v) is 18.9. The van der Waals surface area contributed by atoms with Gasteiger partial charge in [0.25, 0.3) is 0 Å². The van der Waals surface area contributed by atoms with Crippen molar-refractivity contribution in [3.8, 4) is 0 Å². The average molecular weight is 490 g/mol. The predicted molar refractivity (Wildman–Crippen MR) is 123 cm³/mol. The van der Waals surface area contributed by atoms with Crippen LogP contribution in [0.5, 0.6) is 0 Å². The SMILES string of the molecule is O=c1[nH]c2cc(CN[C@H]3CCC4(C3)CN(c3ncnc5sc(CC(F)(F)F)cc35)C4)ccc2o1. The van der Waals surface area contributed by atoms with E-state index in [1.807, 2.05) is 12.1 Å². The van der Waals surface area contributed by atoms with Crippen LogP contribution in [0.3, 0.4) is 0 Å². The van der Waals surface area contributed by atoms with Gasteiger partial charge in [-0.25, -0.2) is 14.8 Å². The molecule has 1 saturated heterocycles. The zero-order valence-electron chi connectivity index (χ0n) is 18.1. The molecule has 1 spiro atoms. The van der Waals surface area contributed by atoms with Crippen LogP contribution in [-0.4, -0.2) is 40.3 Å². The molecule has 2 N–H and O–H groups in total. The summed E-state index contributed by atoms with van der Waals surface area (Å²) >= 11 is 1.09. The molecule has 11 heteroatoms. The Morgan fingerprint density at radius 3 is 2.94 bits per heavy atom. The fourth-order valence-electron chi connectivity index (χ4n) is 5.38. The lowest BCUT2D eigenvalue weighted by atomic mass is 9.78. The van der Waals surface area contributed by atoms with Crippen molar-refractivity contribution in [2.45, 2.75) is 44.4 Å². The molecule has 178 valence electrons. The number of hydrogen-bond acceptors (Lipinski definition) is 7. The van der Waals surface area contributed by atoms with E-state index in [1.54, 1.807) is 12.1 Å². The first-order valence-electron chi connectivity index (χ1n) is 11.2. The molecule has 0 unspecified atom stereocenters. The lowest BCUT2D eigenvalue weighted by molar-refractivity contribution is -0.126. The van der Waals surface area contributed by atoms with Gasteiger partial charge >= 0.3 is 11.9 Å². The fraction of sp³-hybridized carbons (Fsp3) is 0.435. The number of aromatic amines is 1. The quantitative estimate of drug-likeness (QED) is 0.433. The number of oxazole rings is 1. The van der Waals surface area contributed by atoms with E-state index in [0.29, 0.717) is 33.9 Å². The minimum atomic E-state index is -4.23. The number of hydrogen-bond donors (Lipinski definition) is 2. The number of rotatable bonds is 5. The number of anilines is 1. The maximum atomic E-state index is 12.8. The van der Waals surface area contributed by atoms with Gasteiger partial charge in [-0.2, -0.15) is 13.2 Å². The normalized spacial score (nSPS) is 20.0. The van der Waals surface area contributed by atoms with Crippen LogP contribution in [0, 0.1) is 5.41 Å². The number of benzene rings is 1. The van der Waals surface area contributed by atoms with Crippen molar-refractivity contribution in [3.63, 3.8) is 0 Å². The Bertz CT molecular complexity index is 1420. The number of thiophene rings is 1. The van der Waals surface area contributed by atoms with Crippen molar-refractivity contribution in [1.82, 2.24) is 20.3 Å². The summed E-state index contributed by atoms with van der Waals surface area (Å²) in [5.74, 6) is 0.284. The van der Waals surface area contributed by atoms with Crippen LogP contribution in [0.15, 0.2) is 39.8 Å². The summed E-state index contributed by atoms with van der Waals surface area (Å²) in [6.45, 7) is 2.41. The molecule has 1 aliphatic carbocycles. The molecule has 1 saturated carbocycles. The van der Waals surface area contributed by atoms with E-state index in [1.165, 1.54) is 6.33 Å². The van der Waals surface area contributed by atoms with Crippen LogP contribution in [0.25, 0.3) is 21.3 Å². The van der Waals surface area contributed by atoms with Crippen molar-refractivity contribution in [2.75, 3.05) is 18.0 Å². The van der Waals surface area contributed by atoms with Crippen LogP contribution in [0.4, 0.5) is 19.0 Å². The Kier molecular flexibility index (Phi) is 4.96. The van der Waals surface area contributed by atoms with Gasteiger partial charge in [0.1, 0.15) is 17.0 Å². The number of halogens is 3. The third kappa shape index (κ3) is 4.07. The van der Waals surface area contributed by atoms with Gasteiger partial charge in [0.05, 0.1) is 17.3 Å². The summed E-state index contributed by atoms with van der Waals surface area (Å²) in [6.07, 6.45) is -0.499. The van der Waals surface area contributed by atoms with E-state index >= 15 is 0 Å². The molecule has 2 fully saturated rings. The molecule has 0 amide bonds. The fourth-order valence-corrected chi connectivity index (χ4v) is 6.40. The maximum absolute atomic E-state index is 12.8. The number of alkyl halides is 3. The van der Waals surface area contributed by atoms with Crippen LogP contribution < -0.4 is 16.0 Å². The van der Waals surface area contributed by atoms with Gasteiger partial charge in [0.15, 0.2) is 5.58 Å². The van der Waals surface area contributed by atoms with Crippen molar-refractivity contribution >= 4 is 38.5 Å². The lowest BCUT2D eigenvalue weighted by Gasteiger charge is -2.49. The summed E-state index contributed by atoms with van der Waals surface area (Å²) < 4.78 is 43.5. The number of H-pyrrole nitrogens is 1. The first-order valence-corrected chi connectivity index (χ1v) is 12.0. The van der Waals surface area contributed by atoms with Crippen molar-refractivity contribution in [2.24, 2.45) is 5.41 Å².